The molecule has 1 N–H and O–H groups in total. The van der Waals surface area contributed by atoms with Crippen LogP contribution in [0, 0.1) is 5.82 Å². The van der Waals surface area contributed by atoms with Crippen LogP contribution in [0.3, 0.4) is 0 Å². The highest BCUT2D eigenvalue weighted by Gasteiger charge is 2.14. The fourth-order valence-corrected chi connectivity index (χ4v) is 2.15. The van der Waals surface area contributed by atoms with E-state index in [1.165, 1.54) is 38.3 Å². The van der Waals surface area contributed by atoms with Gasteiger partial charge in [-0.25, -0.2) is 14.4 Å². The third-order valence-electron chi connectivity index (χ3n) is 3.09. The Hall–Kier alpha value is -1.19. The molecule has 1 aliphatic rings. The summed E-state index contributed by atoms with van der Waals surface area (Å²) in [5.74, 6) is 0.266. The molecule has 1 saturated carbocycles. The number of nitrogens with zero attached hydrogens (tertiary/aromatic N) is 2. The van der Waals surface area contributed by atoms with E-state index in [4.69, 9.17) is 0 Å². The lowest BCUT2D eigenvalue weighted by Crippen LogP contribution is -2.23. The van der Waals surface area contributed by atoms with Crippen LogP contribution in [-0.2, 0) is 6.42 Å². The summed E-state index contributed by atoms with van der Waals surface area (Å²) in [5, 5.41) is 3.29. The molecule has 0 unspecified atom stereocenters. The lowest BCUT2D eigenvalue weighted by atomic mass is 9.96. The molecule has 2 rings (SSSR count). The van der Waals surface area contributed by atoms with Crippen molar-refractivity contribution in [3.63, 3.8) is 0 Å². The summed E-state index contributed by atoms with van der Waals surface area (Å²) in [6, 6.07) is 0.462. The van der Waals surface area contributed by atoms with Crippen LogP contribution in [0.2, 0.25) is 0 Å². The molecule has 1 fully saturated rings. The smallest absolute Gasteiger partial charge is 0.223 e. The lowest BCUT2D eigenvalue weighted by molar-refractivity contribution is 0.460. The first-order valence-electron chi connectivity index (χ1n) is 6.07. The van der Waals surface area contributed by atoms with Crippen LogP contribution in [0.5, 0.6) is 0 Å². The van der Waals surface area contributed by atoms with Gasteiger partial charge in [0.15, 0.2) is 5.82 Å². The third-order valence-corrected chi connectivity index (χ3v) is 3.09. The zero-order valence-electron chi connectivity index (χ0n) is 9.67. The molecular formula is C12H18FN3. The number of anilines is 1. The molecule has 0 amide bonds. The first kappa shape index (κ1) is 11.3. The quantitative estimate of drug-likeness (QED) is 0.856. The molecule has 0 saturated heterocycles. The number of aromatic nitrogens is 2. The van der Waals surface area contributed by atoms with Crippen LogP contribution in [0.15, 0.2) is 6.20 Å². The minimum atomic E-state index is -0.309. The molecule has 0 atom stereocenters. The van der Waals surface area contributed by atoms with Crippen molar-refractivity contribution in [3.8, 4) is 0 Å². The number of hydrogen-bond donors (Lipinski definition) is 1. The summed E-state index contributed by atoms with van der Waals surface area (Å²) < 4.78 is 13.2. The van der Waals surface area contributed by atoms with Gasteiger partial charge in [-0.2, -0.15) is 0 Å². The largest absolute Gasteiger partial charge is 0.351 e. The van der Waals surface area contributed by atoms with Crippen molar-refractivity contribution in [2.75, 3.05) is 5.32 Å². The Balaban J connectivity index is 2.03. The molecule has 0 radical (unpaired) electrons. The van der Waals surface area contributed by atoms with E-state index in [0.717, 1.165) is 0 Å². The Labute approximate surface area is 95.5 Å². The average Bonchev–Trinajstić information content (AvgIpc) is 2.33. The van der Waals surface area contributed by atoms with Gasteiger partial charge in [0.1, 0.15) is 0 Å². The van der Waals surface area contributed by atoms with Crippen LogP contribution in [0.4, 0.5) is 10.3 Å². The fourth-order valence-electron chi connectivity index (χ4n) is 2.15. The highest BCUT2D eigenvalue weighted by atomic mass is 19.1. The van der Waals surface area contributed by atoms with Crippen LogP contribution < -0.4 is 5.32 Å². The number of halogens is 1. The molecule has 1 aromatic rings. The number of aryl methyl sites for hydroxylation is 1. The minimum absolute atomic E-state index is 0.309. The Bertz CT molecular complexity index is 348. The summed E-state index contributed by atoms with van der Waals surface area (Å²) in [5.41, 5.74) is 0.494. The Morgan fingerprint density at radius 2 is 2.12 bits per heavy atom. The molecule has 3 nitrogen and oxygen atoms in total. The van der Waals surface area contributed by atoms with Gasteiger partial charge in [0.05, 0.1) is 11.9 Å². The summed E-state index contributed by atoms with van der Waals surface area (Å²) in [4.78, 5) is 8.17. The lowest BCUT2D eigenvalue weighted by Gasteiger charge is -2.22. The van der Waals surface area contributed by atoms with Crippen LogP contribution >= 0.6 is 0 Å². The second kappa shape index (κ2) is 5.23. The Morgan fingerprint density at radius 3 is 2.81 bits per heavy atom. The van der Waals surface area contributed by atoms with Crippen LogP contribution in [0.1, 0.15) is 44.7 Å². The second-order valence-corrected chi connectivity index (χ2v) is 4.32. The van der Waals surface area contributed by atoms with Gasteiger partial charge < -0.3 is 5.32 Å². The number of nitrogens with one attached hydrogen (secondary N) is 1. The maximum Gasteiger partial charge on any atom is 0.223 e. The maximum absolute atomic E-state index is 13.2. The molecule has 0 aliphatic heterocycles. The highest BCUT2D eigenvalue weighted by Crippen LogP contribution is 2.20. The first-order valence-corrected chi connectivity index (χ1v) is 6.07. The van der Waals surface area contributed by atoms with Gasteiger partial charge >= 0.3 is 0 Å². The van der Waals surface area contributed by atoms with E-state index in [1.54, 1.807) is 0 Å². The van der Waals surface area contributed by atoms with E-state index in [9.17, 15) is 4.39 Å². The molecule has 4 heteroatoms. The zero-order valence-corrected chi connectivity index (χ0v) is 9.67. The van der Waals surface area contributed by atoms with E-state index in [0.29, 0.717) is 24.1 Å². The fraction of sp³-hybridized carbons (Fsp3) is 0.667. The second-order valence-electron chi connectivity index (χ2n) is 4.32. The highest BCUT2D eigenvalue weighted by molar-refractivity contribution is 5.27. The van der Waals surface area contributed by atoms with Gasteiger partial charge in [-0.05, 0) is 19.3 Å². The molecule has 1 heterocycles. The van der Waals surface area contributed by atoms with Crippen molar-refractivity contribution in [2.24, 2.45) is 0 Å². The monoisotopic (exact) mass is 223 g/mol. The third kappa shape index (κ3) is 2.68. The Morgan fingerprint density at radius 1 is 1.38 bits per heavy atom. The van der Waals surface area contributed by atoms with E-state index in [2.05, 4.69) is 15.3 Å². The van der Waals surface area contributed by atoms with Gasteiger partial charge in [0, 0.05) is 6.04 Å². The topological polar surface area (TPSA) is 37.8 Å². The average molecular weight is 223 g/mol. The van der Waals surface area contributed by atoms with E-state index in [1.807, 2.05) is 6.92 Å². The van der Waals surface area contributed by atoms with Gasteiger partial charge in [0.2, 0.25) is 5.95 Å². The van der Waals surface area contributed by atoms with Gasteiger partial charge in [-0.15, -0.1) is 0 Å². The first-order chi connectivity index (χ1) is 7.79. The van der Waals surface area contributed by atoms with Gasteiger partial charge in [-0.3, -0.25) is 0 Å². The summed E-state index contributed by atoms with van der Waals surface area (Å²) >= 11 is 0. The molecule has 1 aliphatic carbocycles. The van der Waals surface area contributed by atoms with Crippen molar-refractivity contribution in [3.05, 3.63) is 17.7 Å². The molecule has 0 spiro atoms. The normalized spacial score (nSPS) is 17.4. The van der Waals surface area contributed by atoms with Crippen molar-refractivity contribution < 1.29 is 4.39 Å². The van der Waals surface area contributed by atoms with Gasteiger partial charge in [0.25, 0.3) is 0 Å². The zero-order chi connectivity index (χ0) is 11.4. The minimum Gasteiger partial charge on any atom is -0.351 e. The SMILES string of the molecule is CCc1nc(NC2CCCCC2)ncc1F. The summed E-state index contributed by atoms with van der Waals surface area (Å²) in [7, 11) is 0. The van der Waals surface area contributed by atoms with E-state index < -0.39 is 0 Å². The molecule has 1 aromatic heterocycles. The van der Waals surface area contributed by atoms with Crippen molar-refractivity contribution >= 4 is 5.95 Å². The molecule has 16 heavy (non-hydrogen) atoms. The standard InChI is InChI=1S/C12H18FN3/c1-2-11-10(13)8-14-12(16-11)15-9-6-4-3-5-7-9/h8-9H,2-7H2,1H3,(H,14,15,16). The van der Waals surface area contributed by atoms with Crippen LogP contribution in [0.25, 0.3) is 0 Å². The van der Waals surface area contributed by atoms with Crippen molar-refractivity contribution in [2.45, 2.75) is 51.5 Å². The summed E-state index contributed by atoms with van der Waals surface area (Å²) in [6.07, 6.45) is 8.05. The maximum atomic E-state index is 13.2. The van der Waals surface area contributed by atoms with Crippen LogP contribution in [-0.4, -0.2) is 16.0 Å². The number of hydrogen-bond acceptors (Lipinski definition) is 3. The number of rotatable bonds is 3. The molecule has 0 aromatic carbocycles. The Kier molecular flexibility index (Phi) is 3.70. The van der Waals surface area contributed by atoms with Gasteiger partial charge in [-0.1, -0.05) is 26.2 Å². The summed E-state index contributed by atoms with van der Waals surface area (Å²) in [6.45, 7) is 1.90. The predicted molar refractivity (Wildman–Crippen MR) is 61.9 cm³/mol. The molecule has 88 valence electrons. The molecular weight excluding hydrogens is 205 g/mol. The van der Waals surface area contributed by atoms with Crippen molar-refractivity contribution in [1.29, 1.82) is 0 Å². The predicted octanol–water partition coefficient (Wildman–Crippen LogP) is 2.92. The molecule has 0 bridgehead atoms. The van der Waals surface area contributed by atoms with Crippen molar-refractivity contribution in [1.82, 2.24) is 9.97 Å². The van der Waals surface area contributed by atoms with E-state index >= 15 is 0 Å². The van der Waals surface area contributed by atoms with E-state index in [-0.39, 0.29) is 5.82 Å².